The fourth-order valence-corrected chi connectivity index (χ4v) is 8.80. The second-order valence-electron chi connectivity index (χ2n) is 11.5. The van der Waals surface area contributed by atoms with E-state index >= 15 is 0 Å². The average molecular weight is 433 g/mol. The molecular formula is C26H32N4O2. The number of carbonyl (C=O) groups excluding carboxylic acids is 2. The normalized spacial score (nSPS) is 36.5. The van der Waals surface area contributed by atoms with E-state index in [1.165, 1.54) is 38.5 Å². The first-order valence-electron chi connectivity index (χ1n) is 12.6. The van der Waals surface area contributed by atoms with Crippen LogP contribution in [0.15, 0.2) is 24.4 Å². The monoisotopic (exact) mass is 432 g/mol. The van der Waals surface area contributed by atoms with Gasteiger partial charge in [0.15, 0.2) is 0 Å². The third kappa shape index (κ3) is 2.55. The van der Waals surface area contributed by atoms with Crippen molar-refractivity contribution >= 4 is 17.5 Å². The molecule has 2 aromatic rings. The van der Waals surface area contributed by atoms with Crippen LogP contribution < -0.4 is 5.32 Å². The zero-order valence-electron chi connectivity index (χ0n) is 18.7. The minimum Gasteiger partial charge on any atom is -0.350 e. The first-order valence-corrected chi connectivity index (χ1v) is 12.6. The maximum Gasteiger partial charge on any atom is 0.268 e. The lowest BCUT2D eigenvalue weighted by Gasteiger charge is -2.59. The number of aromatic nitrogens is 2. The summed E-state index contributed by atoms with van der Waals surface area (Å²) >= 11 is 0. The maximum absolute atomic E-state index is 13.3. The molecule has 1 saturated heterocycles. The van der Waals surface area contributed by atoms with Crippen LogP contribution in [0, 0.1) is 28.6 Å². The number of hydrogen-bond acceptors (Lipinski definition) is 3. The van der Waals surface area contributed by atoms with Crippen LogP contribution in [0.5, 0.6) is 0 Å². The van der Waals surface area contributed by atoms with Crippen molar-refractivity contribution < 1.29 is 9.59 Å². The van der Waals surface area contributed by atoms with Gasteiger partial charge in [-0.1, -0.05) is 6.07 Å². The molecule has 0 radical (unpaired) electrons. The Morgan fingerprint density at radius 1 is 1.06 bits per heavy atom. The summed E-state index contributed by atoms with van der Waals surface area (Å²) in [5.74, 6) is 2.89. The first kappa shape index (κ1) is 19.1. The number of rotatable bonds is 5. The molecule has 4 aliphatic carbocycles. The highest BCUT2D eigenvalue weighted by atomic mass is 16.2. The van der Waals surface area contributed by atoms with Gasteiger partial charge in [0.05, 0.1) is 12.1 Å². The molecule has 6 nitrogen and oxygen atoms in total. The van der Waals surface area contributed by atoms with Gasteiger partial charge in [0.1, 0.15) is 11.3 Å². The molecule has 2 aromatic heterocycles. The molecule has 5 atom stereocenters. The van der Waals surface area contributed by atoms with Gasteiger partial charge in [0.2, 0.25) is 5.91 Å². The van der Waals surface area contributed by atoms with E-state index in [9.17, 15) is 9.59 Å². The van der Waals surface area contributed by atoms with Crippen molar-refractivity contribution in [2.75, 3.05) is 19.6 Å². The van der Waals surface area contributed by atoms with E-state index in [1.54, 1.807) is 0 Å². The standard InChI is InChI=1S/C26H32N4O2/c31-23(29-6-1-2-7-29)10-20-15-30-21(4-3-5-22(30)28-20)24(32)27-16-25-11-18-8-17-9-19(14-25)26(25,12-17)13-18/h3-5,15,17-19H,1-2,6-14,16H2,(H,27,32). The number of nitrogens with one attached hydrogen (secondary N) is 1. The number of amides is 2. The molecule has 168 valence electrons. The summed E-state index contributed by atoms with van der Waals surface area (Å²) in [4.78, 5) is 32.4. The van der Waals surface area contributed by atoms with Gasteiger partial charge in [-0.2, -0.15) is 0 Å². The predicted molar refractivity (Wildman–Crippen MR) is 120 cm³/mol. The number of likely N-dealkylation sites (tertiary alicyclic amines) is 1. The number of nitrogens with zero attached hydrogens (tertiary/aromatic N) is 3. The third-order valence-corrected chi connectivity index (χ3v) is 9.90. The molecule has 7 rings (SSSR count). The summed E-state index contributed by atoms with van der Waals surface area (Å²) in [5, 5.41) is 3.33. The van der Waals surface area contributed by atoms with Gasteiger partial charge < -0.3 is 10.2 Å². The predicted octanol–water partition coefficient (Wildman–Crippen LogP) is 3.45. The molecule has 32 heavy (non-hydrogen) atoms. The summed E-state index contributed by atoms with van der Waals surface area (Å²) in [7, 11) is 0. The van der Waals surface area contributed by atoms with Crippen LogP contribution in [0.25, 0.3) is 5.65 Å². The summed E-state index contributed by atoms with van der Waals surface area (Å²) in [5.41, 5.74) is 2.97. The fraction of sp³-hybridized carbons (Fsp3) is 0.654. The largest absolute Gasteiger partial charge is 0.350 e. The molecular weight excluding hydrogens is 400 g/mol. The SMILES string of the molecule is O=C(NCC12CC3CC4CC(C1)C2(C4)C3)c1cccc2nc(CC(=O)N3CCCC3)cn12. The molecule has 1 N–H and O–H groups in total. The van der Waals surface area contributed by atoms with Crippen molar-refractivity contribution in [1.82, 2.24) is 19.6 Å². The van der Waals surface area contributed by atoms with Crippen molar-refractivity contribution in [3.63, 3.8) is 0 Å². The lowest BCUT2D eigenvalue weighted by Crippen LogP contribution is -2.57. The number of fused-ring (bicyclic) bond motifs is 3. The summed E-state index contributed by atoms with van der Waals surface area (Å²) in [6.45, 7) is 2.52. The molecule has 5 fully saturated rings. The van der Waals surface area contributed by atoms with Crippen LogP contribution in [-0.2, 0) is 11.2 Å². The molecule has 1 aliphatic heterocycles. The van der Waals surface area contributed by atoms with Crippen molar-refractivity contribution in [3.05, 3.63) is 35.8 Å². The average Bonchev–Trinajstić information content (AvgIpc) is 3.51. The second kappa shape index (κ2) is 6.58. The lowest BCUT2D eigenvalue weighted by atomic mass is 9.46. The number of hydrogen-bond donors (Lipinski definition) is 1. The Hall–Kier alpha value is -2.37. The number of pyridine rings is 1. The highest BCUT2D eigenvalue weighted by Gasteiger charge is 2.73. The Bertz CT molecular complexity index is 1110. The van der Waals surface area contributed by atoms with Gasteiger partial charge in [-0.25, -0.2) is 4.98 Å². The lowest BCUT2D eigenvalue weighted by molar-refractivity contribution is -0.129. The van der Waals surface area contributed by atoms with Gasteiger partial charge in [0, 0.05) is 25.8 Å². The van der Waals surface area contributed by atoms with Crippen LogP contribution in [0.3, 0.4) is 0 Å². The smallest absolute Gasteiger partial charge is 0.268 e. The van der Waals surface area contributed by atoms with Crippen molar-refractivity contribution in [3.8, 4) is 0 Å². The highest BCUT2D eigenvalue weighted by molar-refractivity contribution is 5.93. The van der Waals surface area contributed by atoms with E-state index in [0.29, 0.717) is 22.9 Å². The van der Waals surface area contributed by atoms with Crippen LogP contribution in [0.4, 0.5) is 0 Å². The summed E-state index contributed by atoms with van der Waals surface area (Å²) < 4.78 is 1.86. The van der Waals surface area contributed by atoms with Crippen molar-refractivity contribution in [2.45, 2.75) is 57.8 Å². The van der Waals surface area contributed by atoms with Gasteiger partial charge in [0.25, 0.3) is 5.91 Å². The fourth-order valence-electron chi connectivity index (χ4n) is 8.80. The third-order valence-electron chi connectivity index (χ3n) is 9.90. The van der Waals surface area contributed by atoms with E-state index in [1.807, 2.05) is 33.7 Å². The molecule has 6 heteroatoms. The Kier molecular flexibility index (Phi) is 3.93. The van der Waals surface area contributed by atoms with Gasteiger partial charge in [-0.05, 0) is 92.1 Å². The molecule has 5 aliphatic rings. The maximum atomic E-state index is 13.3. The molecule has 3 heterocycles. The van der Waals surface area contributed by atoms with E-state index in [-0.39, 0.29) is 11.8 Å². The zero-order valence-corrected chi connectivity index (χ0v) is 18.7. The van der Waals surface area contributed by atoms with Gasteiger partial charge in [-0.3, -0.25) is 14.0 Å². The van der Waals surface area contributed by atoms with Crippen LogP contribution in [0.1, 0.15) is 67.5 Å². The molecule has 2 amide bonds. The molecule has 5 unspecified atom stereocenters. The topological polar surface area (TPSA) is 66.7 Å². The Balaban J connectivity index is 1.09. The molecule has 3 bridgehead atoms. The van der Waals surface area contributed by atoms with E-state index in [2.05, 4.69) is 10.3 Å². The van der Waals surface area contributed by atoms with Crippen molar-refractivity contribution in [1.29, 1.82) is 0 Å². The van der Waals surface area contributed by atoms with Crippen molar-refractivity contribution in [2.24, 2.45) is 28.6 Å². The van der Waals surface area contributed by atoms with Gasteiger partial charge in [-0.15, -0.1) is 0 Å². The second-order valence-corrected chi connectivity index (χ2v) is 11.5. The minimum atomic E-state index is -0.0179. The van der Waals surface area contributed by atoms with E-state index < -0.39 is 0 Å². The quantitative estimate of drug-likeness (QED) is 0.787. The van der Waals surface area contributed by atoms with Crippen LogP contribution in [0.2, 0.25) is 0 Å². The highest BCUT2D eigenvalue weighted by Crippen LogP contribution is 2.81. The first-order chi connectivity index (χ1) is 15.6. The summed E-state index contributed by atoms with van der Waals surface area (Å²) in [6, 6.07) is 5.67. The van der Waals surface area contributed by atoms with Crippen LogP contribution in [-0.4, -0.2) is 45.7 Å². The van der Waals surface area contributed by atoms with Gasteiger partial charge >= 0.3 is 0 Å². The van der Waals surface area contributed by atoms with E-state index in [0.717, 1.165) is 61.6 Å². The molecule has 4 saturated carbocycles. The van der Waals surface area contributed by atoms with E-state index in [4.69, 9.17) is 0 Å². The molecule has 0 aromatic carbocycles. The Morgan fingerprint density at radius 3 is 2.78 bits per heavy atom. The number of imidazole rings is 1. The number of carbonyl (C=O) groups is 2. The minimum absolute atomic E-state index is 0.0179. The van der Waals surface area contributed by atoms with Crippen LogP contribution >= 0.6 is 0 Å². The Labute approximate surface area is 188 Å². The zero-order chi connectivity index (χ0) is 21.5. The Morgan fingerprint density at radius 2 is 1.91 bits per heavy atom. The summed E-state index contributed by atoms with van der Waals surface area (Å²) in [6.07, 6.45) is 12.7. The molecule has 1 spiro atoms.